The molecule has 4 nitrogen and oxygen atoms in total. The fourth-order valence-electron chi connectivity index (χ4n) is 1.54. The van der Waals surface area contributed by atoms with Gasteiger partial charge in [-0.2, -0.15) is 4.98 Å². The van der Waals surface area contributed by atoms with Gasteiger partial charge in [0.2, 0.25) is 5.95 Å². The zero-order valence-electron chi connectivity index (χ0n) is 10.8. The largest absolute Gasteiger partial charge is 0.354 e. The van der Waals surface area contributed by atoms with Gasteiger partial charge in [-0.3, -0.25) is 0 Å². The lowest BCUT2D eigenvalue weighted by Crippen LogP contribution is -2.06. The highest BCUT2D eigenvalue weighted by Crippen LogP contribution is 2.23. The van der Waals surface area contributed by atoms with Crippen LogP contribution in [0.15, 0.2) is 24.4 Å². The van der Waals surface area contributed by atoms with Gasteiger partial charge in [0.1, 0.15) is 17.3 Å². The highest BCUT2D eigenvalue weighted by Gasteiger charge is 2.12. The molecule has 0 unspecified atom stereocenters. The first kappa shape index (κ1) is 14.1. The molecule has 0 bridgehead atoms. The van der Waals surface area contributed by atoms with Crippen molar-refractivity contribution in [3.8, 4) is 0 Å². The lowest BCUT2D eigenvalue weighted by molar-refractivity contribution is 0.549. The van der Waals surface area contributed by atoms with Gasteiger partial charge < -0.3 is 10.6 Å². The molecule has 0 saturated carbocycles. The Labute approximate surface area is 114 Å². The number of nitrogens with zero attached hydrogens (tertiary/aromatic N) is 2. The summed E-state index contributed by atoms with van der Waals surface area (Å²) >= 11 is 0. The molecular formula is C13H13F3N4. The van der Waals surface area contributed by atoms with E-state index in [4.69, 9.17) is 0 Å². The van der Waals surface area contributed by atoms with Gasteiger partial charge in [0, 0.05) is 24.9 Å². The predicted molar refractivity (Wildman–Crippen MR) is 70.4 cm³/mol. The number of hydrogen-bond donors (Lipinski definition) is 2. The predicted octanol–water partition coefficient (Wildman–Crippen LogP) is 3.46. The number of halogens is 3. The number of anilines is 3. The average Bonchev–Trinajstić information content (AvgIpc) is 2.41. The SMILES string of the molecule is CCCNc1nccc(Nc2c(F)cc(F)cc2F)n1. The first-order valence-electron chi connectivity index (χ1n) is 6.08. The molecule has 2 N–H and O–H groups in total. The van der Waals surface area contributed by atoms with Crippen molar-refractivity contribution in [2.75, 3.05) is 17.2 Å². The van der Waals surface area contributed by atoms with Crippen LogP contribution >= 0.6 is 0 Å². The molecule has 7 heteroatoms. The van der Waals surface area contributed by atoms with E-state index in [1.807, 2.05) is 6.92 Å². The van der Waals surface area contributed by atoms with Crippen molar-refractivity contribution >= 4 is 17.5 Å². The van der Waals surface area contributed by atoms with Crippen LogP contribution in [0.5, 0.6) is 0 Å². The Bertz CT molecular complexity index is 581. The third-order valence-corrected chi connectivity index (χ3v) is 2.45. The topological polar surface area (TPSA) is 49.8 Å². The van der Waals surface area contributed by atoms with E-state index in [9.17, 15) is 13.2 Å². The molecule has 20 heavy (non-hydrogen) atoms. The fourth-order valence-corrected chi connectivity index (χ4v) is 1.54. The molecule has 1 aromatic heterocycles. The zero-order valence-corrected chi connectivity index (χ0v) is 10.8. The zero-order chi connectivity index (χ0) is 14.5. The summed E-state index contributed by atoms with van der Waals surface area (Å²) in [7, 11) is 0. The van der Waals surface area contributed by atoms with E-state index in [-0.39, 0.29) is 5.82 Å². The summed E-state index contributed by atoms with van der Waals surface area (Å²) in [6, 6.07) is 2.66. The monoisotopic (exact) mass is 282 g/mol. The molecule has 1 aromatic carbocycles. The third-order valence-electron chi connectivity index (χ3n) is 2.45. The maximum Gasteiger partial charge on any atom is 0.224 e. The lowest BCUT2D eigenvalue weighted by Gasteiger charge is -2.09. The van der Waals surface area contributed by atoms with Crippen molar-refractivity contribution in [2.45, 2.75) is 13.3 Å². The second-order valence-electron chi connectivity index (χ2n) is 4.06. The van der Waals surface area contributed by atoms with E-state index >= 15 is 0 Å². The Morgan fingerprint density at radius 3 is 2.50 bits per heavy atom. The van der Waals surface area contributed by atoms with E-state index in [2.05, 4.69) is 20.6 Å². The van der Waals surface area contributed by atoms with Crippen LogP contribution in [-0.4, -0.2) is 16.5 Å². The molecule has 0 spiro atoms. The molecule has 0 aliphatic rings. The molecule has 0 atom stereocenters. The van der Waals surface area contributed by atoms with Crippen molar-refractivity contribution in [2.24, 2.45) is 0 Å². The van der Waals surface area contributed by atoms with Crippen LogP contribution in [0.3, 0.4) is 0 Å². The summed E-state index contributed by atoms with van der Waals surface area (Å²) in [4.78, 5) is 8.02. The number of rotatable bonds is 5. The van der Waals surface area contributed by atoms with E-state index in [1.54, 1.807) is 0 Å². The van der Waals surface area contributed by atoms with E-state index in [1.165, 1.54) is 12.3 Å². The smallest absolute Gasteiger partial charge is 0.224 e. The Morgan fingerprint density at radius 1 is 1.15 bits per heavy atom. The van der Waals surface area contributed by atoms with Crippen molar-refractivity contribution in [1.82, 2.24) is 9.97 Å². The number of aromatic nitrogens is 2. The average molecular weight is 282 g/mol. The molecule has 0 radical (unpaired) electrons. The molecule has 0 amide bonds. The van der Waals surface area contributed by atoms with Gasteiger partial charge >= 0.3 is 0 Å². The standard InChI is InChI=1S/C13H13F3N4/c1-2-4-17-13-18-5-3-11(20-13)19-12-9(15)6-8(14)7-10(12)16/h3,5-7H,2,4H2,1H3,(H2,17,18,19,20). The quantitative estimate of drug-likeness (QED) is 0.881. The Morgan fingerprint density at radius 2 is 1.85 bits per heavy atom. The normalized spacial score (nSPS) is 10.4. The van der Waals surface area contributed by atoms with E-state index in [0.29, 0.717) is 24.6 Å². The van der Waals surface area contributed by atoms with Crippen LogP contribution in [0.25, 0.3) is 0 Å². The van der Waals surface area contributed by atoms with Crippen LogP contribution in [0, 0.1) is 17.5 Å². The van der Waals surface area contributed by atoms with Crippen LogP contribution in [0.1, 0.15) is 13.3 Å². The van der Waals surface area contributed by atoms with Gasteiger partial charge in [-0.1, -0.05) is 6.92 Å². The molecule has 0 saturated heterocycles. The molecule has 106 valence electrons. The summed E-state index contributed by atoms with van der Waals surface area (Å²) in [5.41, 5.74) is -0.452. The number of nitrogens with one attached hydrogen (secondary N) is 2. The van der Waals surface area contributed by atoms with Crippen molar-refractivity contribution in [3.05, 3.63) is 41.8 Å². The maximum absolute atomic E-state index is 13.5. The summed E-state index contributed by atoms with van der Waals surface area (Å²) in [5, 5.41) is 5.43. The molecule has 0 aliphatic heterocycles. The molecular weight excluding hydrogens is 269 g/mol. The summed E-state index contributed by atoms with van der Waals surface area (Å²) in [6.07, 6.45) is 2.34. The second kappa shape index (κ2) is 6.23. The Balaban J connectivity index is 2.22. The van der Waals surface area contributed by atoms with Crippen LogP contribution in [-0.2, 0) is 0 Å². The van der Waals surface area contributed by atoms with Gasteiger partial charge in [-0.15, -0.1) is 0 Å². The van der Waals surface area contributed by atoms with E-state index < -0.39 is 23.1 Å². The molecule has 2 rings (SSSR count). The van der Waals surface area contributed by atoms with Crippen molar-refractivity contribution < 1.29 is 13.2 Å². The van der Waals surface area contributed by atoms with Crippen LogP contribution in [0.4, 0.5) is 30.6 Å². The van der Waals surface area contributed by atoms with Gasteiger partial charge in [0.15, 0.2) is 11.6 Å². The minimum absolute atomic E-state index is 0.211. The Hall–Kier alpha value is -2.31. The summed E-state index contributed by atoms with van der Waals surface area (Å²) in [5.74, 6) is -2.46. The van der Waals surface area contributed by atoms with Gasteiger partial charge in [-0.05, 0) is 12.5 Å². The lowest BCUT2D eigenvalue weighted by atomic mass is 10.2. The Kier molecular flexibility index (Phi) is 4.39. The highest BCUT2D eigenvalue weighted by atomic mass is 19.1. The highest BCUT2D eigenvalue weighted by molar-refractivity contribution is 5.58. The van der Waals surface area contributed by atoms with Crippen molar-refractivity contribution in [1.29, 1.82) is 0 Å². The summed E-state index contributed by atoms with van der Waals surface area (Å²) < 4.78 is 39.8. The summed E-state index contributed by atoms with van der Waals surface area (Å²) in [6.45, 7) is 2.67. The van der Waals surface area contributed by atoms with Crippen LogP contribution in [0.2, 0.25) is 0 Å². The molecule has 0 fully saturated rings. The van der Waals surface area contributed by atoms with Gasteiger partial charge in [-0.25, -0.2) is 18.2 Å². The first-order chi connectivity index (χ1) is 9.60. The minimum Gasteiger partial charge on any atom is -0.354 e. The van der Waals surface area contributed by atoms with E-state index in [0.717, 1.165) is 6.42 Å². The van der Waals surface area contributed by atoms with Crippen LogP contribution < -0.4 is 10.6 Å². The number of hydrogen-bond acceptors (Lipinski definition) is 4. The van der Waals surface area contributed by atoms with Gasteiger partial charge in [0.25, 0.3) is 0 Å². The number of benzene rings is 1. The second-order valence-corrected chi connectivity index (χ2v) is 4.06. The molecule has 1 heterocycles. The maximum atomic E-state index is 13.5. The van der Waals surface area contributed by atoms with Gasteiger partial charge in [0.05, 0.1) is 0 Å². The molecule has 0 aliphatic carbocycles. The third kappa shape index (κ3) is 3.37. The van der Waals surface area contributed by atoms with Crippen molar-refractivity contribution in [3.63, 3.8) is 0 Å². The molecule has 2 aromatic rings. The first-order valence-corrected chi connectivity index (χ1v) is 6.08. The fraction of sp³-hybridized carbons (Fsp3) is 0.231. The minimum atomic E-state index is -1.02.